The van der Waals surface area contributed by atoms with Gasteiger partial charge in [0.1, 0.15) is 12.4 Å². The fraction of sp³-hybridized carbons (Fsp3) is 0.462. The van der Waals surface area contributed by atoms with Crippen molar-refractivity contribution in [2.45, 2.75) is 64.9 Å². The number of halogens is 2. The van der Waals surface area contributed by atoms with Crippen molar-refractivity contribution in [3.8, 4) is 11.1 Å². The van der Waals surface area contributed by atoms with Gasteiger partial charge in [0.2, 0.25) is 5.82 Å². The number of ether oxygens (including phenoxy) is 1. The molecular formula is C26H30F2O2. The molecule has 0 unspecified atom stereocenters. The van der Waals surface area contributed by atoms with Gasteiger partial charge in [0, 0.05) is 17.6 Å². The Morgan fingerprint density at radius 1 is 0.967 bits per heavy atom. The molecule has 2 nitrogen and oxygen atoms in total. The topological polar surface area (TPSA) is 22.4 Å². The van der Waals surface area contributed by atoms with Crippen molar-refractivity contribution in [3.63, 3.8) is 0 Å². The van der Waals surface area contributed by atoms with E-state index in [4.69, 9.17) is 9.15 Å². The maximum absolute atomic E-state index is 14.8. The Hall–Kier alpha value is -2.20. The Kier molecular flexibility index (Phi) is 6.52. The van der Waals surface area contributed by atoms with E-state index < -0.39 is 11.6 Å². The molecule has 30 heavy (non-hydrogen) atoms. The average Bonchev–Trinajstić information content (AvgIpc) is 3.19. The second-order valence-corrected chi connectivity index (χ2v) is 8.45. The highest BCUT2D eigenvalue weighted by molar-refractivity contribution is 5.85. The van der Waals surface area contributed by atoms with E-state index in [-0.39, 0.29) is 17.8 Å². The molecule has 1 aromatic heterocycles. The molecule has 160 valence electrons. The highest BCUT2D eigenvalue weighted by atomic mass is 19.2. The normalized spacial score (nSPS) is 19.5. The van der Waals surface area contributed by atoms with E-state index in [0.29, 0.717) is 29.2 Å². The summed E-state index contributed by atoms with van der Waals surface area (Å²) in [6.45, 7) is 4.91. The van der Waals surface area contributed by atoms with Crippen LogP contribution in [0, 0.1) is 17.6 Å². The summed E-state index contributed by atoms with van der Waals surface area (Å²) in [4.78, 5) is 0. The molecule has 0 radical (unpaired) electrons. The summed E-state index contributed by atoms with van der Waals surface area (Å²) in [6.07, 6.45) is 7.62. The maximum Gasteiger partial charge on any atom is 0.202 e. The average molecular weight is 413 g/mol. The maximum atomic E-state index is 14.8. The minimum atomic E-state index is -0.941. The number of benzene rings is 2. The van der Waals surface area contributed by atoms with E-state index in [2.05, 4.69) is 19.1 Å². The highest BCUT2D eigenvalue weighted by Gasteiger charge is 2.23. The number of rotatable bonds is 7. The van der Waals surface area contributed by atoms with Crippen LogP contribution in [0.15, 0.2) is 40.8 Å². The molecule has 0 atom stereocenters. The smallest absolute Gasteiger partial charge is 0.202 e. The summed E-state index contributed by atoms with van der Waals surface area (Å²) in [6, 6.07) is 11.4. The Bertz CT molecular complexity index is 982. The van der Waals surface area contributed by atoms with Gasteiger partial charge >= 0.3 is 0 Å². The van der Waals surface area contributed by atoms with E-state index >= 15 is 0 Å². The molecule has 0 bridgehead atoms. The van der Waals surface area contributed by atoms with E-state index in [0.717, 1.165) is 5.92 Å². The Morgan fingerprint density at radius 2 is 1.70 bits per heavy atom. The van der Waals surface area contributed by atoms with Gasteiger partial charge < -0.3 is 9.15 Å². The first-order valence-corrected chi connectivity index (χ1v) is 11.2. The molecule has 0 aliphatic heterocycles. The van der Waals surface area contributed by atoms with E-state index in [1.165, 1.54) is 44.1 Å². The lowest BCUT2D eigenvalue weighted by Crippen LogP contribution is -2.13. The Morgan fingerprint density at radius 3 is 2.37 bits per heavy atom. The summed E-state index contributed by atoms with van der Waals surface area (Å²) in [7, 11) is 0. The van der Waals surface area contributed by atoms with Crippen molar-refractivity contribution >= 4 is 11.0 Å². The number of furan rings is 1. The third-order valence-electron chi connectivity index (χ3n) is 6.43. The Balaban J connectivity index is 1.56. The molecule has 3 aromatic rings. The third-order valence-corrected chi connectivity index (χ3v) is 6.43. The molecule has 1 saturated carbocycles. The van der Waals surface area contributed by atoms with Gasteiger partial charge in [-0.1, -0.05) is 44.0 Å². The van der Waals surface area contributed by atoms with Gasteiger partial charge in [0.25, 0.3) is 0 Å². The van der Waals surface area contributed by atoms with Crippen molar-refractivity contribution in [2.75, 3.05) is 6.61 Å². The molecule has 4 rings (SSSR count). The zero-order chi connectivity index (χ0) is 21.1. The van der Waals surface area contributed by atoms with Gasteiger partial charge in [0.05, 0.1) is 0 Å². The van der Waals surface area contributed by atoms with Crippen molar-refractivity contribution in [3.05, 3.63) is 59.4 Å². The van der Waals surface area contributed by atoms with Crippen LogP contribution in [0.5, 0.6) is 0 Å². The summed E-state index contributed by atoms with van der Waals surface area (Å²) in [5, 5.41) is 0.553. The van der Waals surface area contributed by atoms with Crippen molar-refractivity contribution < 1.29 is 17.9 Å². The molecular weight excluding hydrogens is 382 g/mol. The molecule has 0 spiro atoms. The monoisotopic (exact) mass is 412 g/mol. The van der Waals surface area contributed by atoms with Crippen LogP contribution in [0.4, 0.5) is 8.78 Å². The second kappa shape index (κ2) is 9.30. The fourth-order valence-corrected chi connectivity index (χ4v) is 4.79. The largest absolute Gasteiger partial charge is 0.455 e. The van der Waals surface area contributed by atoms with Crippen molar-refractivity contribution in [2.24, 2.45) is 5.92 Å². The van der Waals surface area contributed by atoms with Crippen LogP contribution in [0.2, 0.25) is 0 Å². The van der Waals surface area contributed by atoms with Crippen LogP contribution in [-0.2, 0) is 11.3 Å². The number of hydrogen-bond acceptors (Lipinski definition) is 2. The number of fused-ring (bicyclic) bond motifs is 1. The van der Waals surface area contributed by atoms with Crippen LogP contribution < -0.4 is 0 Å². The second-order valence-electron chi connectivity index (χ2n) is 8.45. The predicted molar refractivity (Wildman–Crippen MR) is 117 cm³/mol. The lowest BCUT2D eigenvalue weighted by Gasteiger charge is -2.28. The van der Waals surface area contributed by atoms with Crippen LogP contribution in [0.3, 0.4) is 0 Å². The number of hydrogen-bond donors (Lipinski definition) is 0. The van der Waals surface area contributed by atoms with Gasteiger partial charge in [0.15, 0.2) is 11.4 Å². The molecule has 1 aliphatic carbocycles. The first-order valence-electron chi connectivity index (χ1n) is 11.2. The fourth-order valence-electron chi connectivity index (χ4n) is 4.79. The van der Waals surface area contributed by atoms with E-state index in [1.807, 2.05) is 19.1 Å². The molecule has 0 saturated heterocycles. The zero-order valence-electron chi connectivity index (χ0n) is 17.8. The van der Waals surface area contributed by atoms with Gasteiger partial charge in [-0.15, -0.1) is 0 Å². The Labute approximate surface area is 177 Å². The van der Waals surface area contributed by atoms with Gasteiger partial charge in [-0.05, 0) is 67.7 Å². The first kappa shape index (κ1) is 21.0. The first-order chi connectivity index (χ1) is 14.6. The van der Waals surface area contributed by atoms with Crippen LogP contribution in [0.25, 0.3) is 22.1 Å². The SMILES string of the molecule is CCCC1CCC(c2ccc(-c3cc4cc(COCC)oc4c(F)c3F)cc2)CC1. The van der Waals surface area contributed by atoms with E-state index in [1.54, 1.807) is 12.1 Å². The highest BCUT2D eigenvalue weighted by Crippen LogP contribution is 2.39. The van der Waals surface area contributed by atoms with Crippen LogP contribution >= 0.6 is 0 Å². The van der Waals surface area contributed by atoms with Crippen molar-refractivity contribution in [1.29, 1.82) is 0 Å². The van der Waals surface area contributed by atoms with Crippen LogP contribution in [-0.4, -0.2) is 6.61 Å². The summed E-state index contributed by atoms with van der Waals surface area (Å²) < 4.78 is 40.2. The summed E-state index contributed by atoms with van der Waals surface area (Å²) >= 11 is 0. The van der Waals surface area contributed by atoms with Crippen LogP contribution in [0.1, 0.15) is 69.6 Å². The molecule has 1 heterocycles. The molecule has 1 fully saturated rings. The lowest BCUT2D eigenvalue weighted by atomic mass is 9.77. The zero-order valence-corrected chi connectivity index (χ0v) is 17.8. The lowest BCUT2D eigenvalue weighted by molar-refractivity contribution is 0.119. The molecule has 2 aromatic carbocycles. The van der Waals surface area contributed by atoms with Gasteiger partial charge in [-0.25, -0.2) is 4.39 Å². The minimum absolute atomic E-state index is 0.0496. The van der Waals surface area contributed by atoms with Gasteiger partial charge in [-0.2, -0.15) is 4.39 Å². The molecule has 0 amide bonds. The minimum Gasteiger partial charge on any atom is -0.455 e. The van der Waals surface area contributed by atoms with E-state index in [9.17, 15) is 8.78 Å². The molecule has 1 aliphatic rings. The summed E-state index contributed by atoms with van der Waals surface area (Å²) in [5.41, 5.74) is 2.20. The standard InChI is InChI=1S/C26H30F2O2/c1-3-5-17-6-8-18(9-7-17)19-10-12-20(13-11-19)23-15-21-14-22(16-29-4-2)30-26(21)25(28)24(23)27/h10-15,17-18H,3-9,16H2,1-2H3. The molecule has 4 heteroatoms. The van der Waals surface area contributed by atoms with Crippen molar-refractivity contribution in [1.82, 2.24) is 0 Å². The summed E-state index contributed by atoms with van der Waals surface area (Å²) in [5.74, 6) is 0.135. The predicted octanol–water partition coefficient (Wildman–Crippen LogP) is 7.99. The third kappa shape index (κ3) is 4.29. The van der Waals surface area contributed by atoms with Gasteiger partial charge in [-0.3, -0.25) is 0 Å². The molecule has 0 N–H and O–H groups in total. The quantitative estimate of drug-likeness (QED) is 0.392.